The van der Waals surface area contributed by atoms with Gasteiger partial charge in [0.25, 0.3) is 0 Å². The molecule has 0 amide bonds. The molecule has 1 aliphatic rings. The molecule has 1 aliphatic heterocycles. The van der Waals surface area contributed by atoms with Crippen molar-refractivity contribution in [3.63, 3.8) is 0 Å². The summed E-state index contributed by atoms with van der Waals surface area (Å²) in [7, 11) is 0. The normalized spacial score (nSPS) is 12.8. The summed E-state index contributed by atoms with van der Waals surface area (Å²) in [4.78, 5) is 26.6. The standard InChI is InChI=1S/C115H73N9/c1-71-59-101(116-115(117-111(71)75-25-6-2-7-26-75)94-57-58-104(91-40-19-18-39-90(91)94)124-106-66-82-34-17-15-32-80(82)64-96(106)100-68-98-92-41-20-22-43-102(92)121(108(98)70-110(100)124)87-37-12-5-13-38-87)85-36-24-35-78(60-85)74-47-45-72(46-48-74)73-51-54-88(55-52-73)122-103-44-23-21-42-93(103)97-67-99-95-63-79-31-14-16-33-81(79)65-105(95)123(109(99)69-107(97)122)89-56-53-83-61-86(50-49-84(83)62-89)114-119-112(76-27-8-3-9-28-76)118-113(120-114)77-29-10-4-11-30-77/h2-58,60-70H,59H2,1H3. The number of allylic oxidation sites excluding steroid dienone is 1. The number of amidine groups is 1. The number of rotatable bonds is 12. The monoisotopic (exact) mass is 1580 g/mol. The van der Waals surface area contributed by atoms with Crippen molar-refractivity contribution in [3.05, 3.63) is 435 Å². The number of hydrogen-bond acceptors (Lipinski definition) is 5. The molecule has 0 atom stereocenters. The van der Waals surface area contributed by atoms with Crippen molar-refractivity contribution in [2.45, 2.75) is 13.3 Å². The van der Waals surface area contributed by atoms with Crippen LogP contribution in [0.1, 0.15) is 30.0 Å². The molecule has 0 saturated heterocycles. The lowest BCUT2D eigenvalue weighted by Crippen LogP contribution is -2.07. The fraction of sp³-hybridized carbons (Fsp3) is 0.0174. The minimum atomic E-state index is 0.614. The van der Waals surface area contributed by atoms with Crippen LogP contribution in [0, 0.1) is 0 Å². The molecule has 0 N–H and O–H groups in total. The summed E-state index contributed by atoms with van der Waals surface area (Å²) in [5.74, 6) is 2.57. The van der Waals surface area contributed by atoms with E-state index >= 15 is 0 Å². The average molecular weight is 1580 g/mol. The largest absolute Gasteiger partial charge is 0.309 e. The number of fused-ring (bicyclic) bond motifs is 16. The van der Waals surface area contributed by atoms with E-state index in [9.17, 15) is 0 Å². The van der Waals surface area contributed by atoms with Gasteiger partial charge in [-0.15, -0.1) is 0 Å². The fourth-order valence-electron chi connectivity index (χ4n) is 19.6. The maximum atomic E-state index is 5.75. The number of para-hydroxylation sites is 3. The molecule has 578 valence electrons. The molecule has 0 saturated carbocycles. The Bertz CT molecular complexity index is 8610. The molecule has 0 fully saturated rings. The highest BCUT2D eigenvalue weighted by Gasteiger charge is 2.27. The van der Waals surface area contributed by atoms with E-state index in [2.05, 4.69) is 377 Å². The SMILES string of the molecule is CC1=C(c2ccccc2)N=C(c2ccc(-n3c4cc5ccccc5cc4c4cc5c6ccccc6n(-c6ccccc6)c5cc43)c3ccccc23)N=C(c2cccc(-c3ccc(-c4ccc(-n5c6ccccc6c6cc7c8cc9ccccc9cc8n(-c8ccc9cc(-c%10nc(-c%11ccccc%11)nc(-c%11ccccc%11)n%10)ccc9c8)c7cc65)cc4)cc3)c2)C1. The van der Waals surface area contributed by atoms with Crippen LogP contribution in [0.4, 0.5) is 0 Å². The molecule has 5 aromatic heterocycles. The van der Waals surface area contributed by atoms with Gasteiger partial charge in [0, 0.05) is 99.8 Å². The smallest absolute Gasteiger partial charge is 0.164 e. The lowest BCUT2D eigenvalue weighted by Gasteiger charge is -2.16. The Kier molecular flexibility index (Phi) is 16.1. The van der Waals surface area contributed by atoms with Crippen LogP contribution in [-0.4, -0.2) is 44.8 Å². The molecule has 25 rings (SSSR count). The molecule has 9 heteroatoms. The van der Waals surface area contributed by atoms with Crippen molar-refractivity contribution in [2.75, 3.05) is 0 Å². The summed E-state index contributed by atoms with van der Waals surface area (Å²) in [5.41, 5.74) is 27.0. The number of hydrogen-bond donors (Lipinski definition) is 0. The Balaban J connectivity index is 0.557. The third-order valence-corrected chi connectivity index (χ3v) is 25.5. The Labute approximate surface area is 713 Å². The predicted molar refractivity (Wildman–Crippen MR) is 518 cm³/mol. The van der Waals surface area contributed by atoms with Gasteiger partial charge in [0.05, 0.1) is 61.2 Å². The number of nitrogens with zero attached hydrogens (tertiary/aromatic N) is 9. The Morgan fingerprint density at radius 2 is 0.597 bits per heavy atom. The van der Waals surface area contributed by atoms with Crippen LogP contribution in [0.5, 0.6) is 0 Å². The highest BCUT2D eigenvalue weighted by Crippen LogP contribution is 2.46. The average Bonchev–Trinajstić information content (AvgIpc) is 1.55. The summed E-state index contributed by atoms with van der Waals surface area (Å²) in [5, 5.41) is 18.9. The van der Waals surface area contributed by atoms with E-state index in [1.165, 1.54) is 70.2 Å². The minimum Gasteiger partial charge on any atom is -0.309 e. The second-order valence-corrected chi connectivity index (χ2v) is 32.8. The lowest BCUT2D eigenvalue weighted by molar-refractivity contribution is 1.07. The predicted octanol–water partition coefficient (Wildman–Crippen LogP) is 29.3. The van der Waals surface area contributed by atoms with Crippen molar-refractivity contribution in [1.29, 1.82) is 0 Å². The van der Waals surface area contributed by atoms with E-state index in [4.69, 9.17) is 24.9 Å². The summed E-state index contributed by atoms with van der Waals surface area (Å²) in [6.45, 7) is 2.22. The Morgan fingerprint density at radius 1 is 0.210 bits per heavy atom. The van der Waals surface area contributed by atoms with Gasteiger partial charge in [0.1, 0.15) is 0 Å². The van der Waals surface area contributed by atoms with E-state index in [-0.39, 0.29) is 0 Å². The molecule has 0 bridgehead atoms. The van der Waals surface area contributed by atoms with Gasteiger partial charge in [0.2, 0.25) is 0 Å². The number of aliphatic imine (C=N–C) groups is 2. The quantitative estimate of drug-likeness (QED) is 0.122. The van der Waals surface area contributed by atoms with E-state index in [0.29, 0.717) is 29.7 Å². The zero-order chi connectivity index (χ0) is 81.6. The first kappa shape index (κ1) is 70.5. The van der Waals surface area contributed by atoms with Crippen molar-refractivity contribution in [3.8, 4) is 79.2 Å². The summed E-state index contributed by atoms with van der Waals surface area (Å²) < 4.78 is 9.84. The van der Waals surface area contributed by atoms with Crippen LogP contribution in [0.2, 0.25) is 0 Å². The number of benzene rings is 19. The van der Waals surface area contributed by atoms with Crippen LogP contribution in [0.25, 0.3) is 215 Å². The van der Waals surface area contributed by atoms with Gasteiger partial charge in [-0.3, -0.25) is 0 Å². The lowest BCUT2D eigenvalue weighted by atomic mass is 9.95. The fourth-order valence-corrected chi connectivity index (χ4v) is 19.6. The van der Waals surface area contributed by atoms with E-state index < -0.39 is 0 Å². The topological polar surface area (TPSA) is 83.1 Å². The second-order valence-electron chi connectivity index (χ2n) is 32.8. The first-order valence-electron chi connectivity index (χ1n) is 42.4. The van der Waals surface area contributed by atoms with Crippen molar-refractivity contribution >= 4 is 148 Å². The molecule has 9 nitrogen and oxygen atoms in total. The summed E-state index contributed by atoms with van der Waals surface area (Å²) in [6, 6.07) is 150. The van der Waals surface area contributed by atoms with E-state index in [1.807, 2.05) is 60.7 Å². The van der Waals surface area contributed by atoms with Crippen LogP contribution in [0.3, 0.4) is 0 Å². The van der Waals surface area contributed by atoms with Gasteiger partial charge in [-0.05, 0) is 199 Å². The third kappa shape index (κ3) is 11.6. The summed E-state index contributed by atoms with van der Waals surface area (Å²) in [6.07, 6.45) is 0.614. The maximum Gasteiger partial charge on any atom is 0.164 e. The molecule has 24 aromatic rings. The van der Waals surface area contributed by atoms with Crippen LogP contribution in [0.15, 0.2) is 428 Å². The van der Waals surface area contributed by atoms with Crippen LogP contribution < -0.4 is 0 Å². The summed E-state index contributed by atoms with van der Waals surface area (Å²) >= 11 is 0. The van der Waals surface area contributed by atoms with E-state index in [1.54, 1.807) is 0 Å². The maximum absolute atomic E-state index is 5.75. The first-order chi connectivity index (χ1) is 61.3. The molecular formula is C115H73N9. The van der Waals surface area contributed by atoms with Gasteiger partial charge in [-0.1, -0.05) is 291 Å². The Morgan fingerprint density at radius 3 is 1.19 bits per heavy atom. The number of aromatic nitrogens is 7. The van der Waals surface area contributed by atoms with Gasteiger partial charge in [-0.25, -0.2) is 24.9 Å². The molecule has 0 aliphatic carbocycles. The van der Waals surface area contributed by atoms with Crippen LogP contribution >= 0.6 is 0 Å². The zero-order valence-corrected chi connectivity index (χ0v) is 67.5. The van der Waals surface area contributed by atoms with Crippen molar-refractivity contribution < 1.29 is 0 Å². The zero-order valence-electron chi connectivity index (χ0n) is 67.5. The van der Waals surface area contributed by atoms with Crippen LogP contribution in [-0.2, 0) is 0 Å². The van der Waals surface area contributed by atoms with E-state index in [0.717, 1.165) is 156 Å². The Hall–Kier alpha value is -16.5. The van der Waals surface area contributed by atoms with Gasteiger partial charge < -0.3 is 18.3 Å². The molecular weight excluding hydrogens is 1510 g/mol. The first-order valence-corrected chi connectivity index (χ1v) is 42.4. The minimum absolute atomic E-state index is 0.614. The molecule has 19 aromatic carbocycles. The highest BCUT2D eigenvalue weighted by atomic mass is 15.0. The van der Waals surface area contributed by atoms with Gasteiger partial charge in [0.15, 0.2) is 23.3 Å². The molecule has 0 radical (unpaired) electrons. The van der Waals surface area contributed by atoms with Crippen molar-refractivity contribution in [1.82, 2.24) is 33.2 Å². The van der Waals surface area contributed by atoms with Gasteiger partial charge >= 0.3 is 0 Å². The van der Waals surface area contributed by atoms with Crippen molar-refractivity contribution in [2.24, 2.45) is 9.98 Å². The highest BCUT2D eigenvalue weighted by molar-refractivity contribution is 6.25. The molecule has 0 unspecified atom stereocenters. The van der Waals surface area contributed by atoms with Gasteiger partial charge in [-0.2, -0.15) is 0 Å². The molecule has 6 heterocycles. The molecule has 124 heavy (non-hydrogen) atoms. The molecule has 0 spiro atoms. The second kappa shape index (κ2) is 28.3. The third-order valence-electron chi connectivity index (χ3n) is 25.5.